The minimum atomic E-state index is 0.0256. The van der Waals surface area contributed by atoms with E-state index in [1.54, 1.807) is 0 Å². The highest BCUT2D eigenvalue weighted by Crippen LogP contribution is 2.24. The highest BCUT2D eigenvalue weighted by Gasteiger charge is 2.22. The van der Waals surface area contributed by atoms with E-state index in [0.29, 0.717) is 19.4 Å². The van der Waals surface area contributed by atoms with E-state index in [4.69, 9.17) is 0 Å². The van der Waals surface area contributed by atoms with Crippen LogP contribution in [-0.2, 0) is 23.1 Å². The Morgan fingerprint density at radius 1 is 1.27 bits per heavy atom. The largest absolute Gasteiger partial charge is 0.355 e. The minimum Gasteiger partial charge on any atom is -0.355 e. The van der Waals surface area contributed by atoms with Crippen LogP contribution in [0.2, 0.25) is 0 Å². The average molecular weight is 356 g/mol. The van der Waals surface area contributed by atoms with Crippen molar-refractivity contribution < 1.29 is 9.59 Å². The Bertz CT molecular complexity index is 790. The molecule has 140 valence electrons. The number of amides is 2. The summed E-state index contributed by atoms with van der Waals surface area (Å²) in [6.07, 6.45) is 6.41. The van der Waals surface area contributed by atoms with Crippen molar-refractivity contribution in [3.05, 3.63) is 24.0 Å². The third-order valence-corrected chi connectivity index (χ3v) is 5.11. The molecule has 0 aliphatic heterocycles. The first kappa shape index (κ1) is 18.4. The molecule has 0 spiro atoms. The summed E-state index contributed by atoms with van der Waals surface area (Å²) >= 11 is 0. The summed E-state index contributed by atoms with van der Waals surface area (Å²) in [7, 11) is 1.98. The van der Waals surface area contributed by atoms with Gasteiger partial charge < -0.3 is 15.2 Å². The van der Waals surface area contributed by atoms with E-state index in [-0.39, 0.29) is 17.7 Å². The summed E-state index contributed by atoms with van der Waals surface area (Å²) in [5.74, 6) is 1.34. The van der Waals surface area contributed by atoms with Gasteiger partial charge in [-0.3, -0.25) is 9.59 Å². The number of aromatic nitrogens is 2. The van der Waals surface area contributed by atoms with Crippen LogP contribution < -0.4 is 10.6 Å². The summed E-state index contributed by atoms with van der Waals surface area (Å²) in [6.45, 7) is 2.59. The van der Waals surface area contributed by atoms with Crippen LogP contribution in [0.25, 0.3) is 11.0 Å². The zero-order valence-corrected chi connectivity index (χ0v) is 15.7. The molecule has 2 amide bonds. The van der Waals surface area contributed by atoms with Crippen molar-refractivity contribution in [3.63, 3.8) is 0 Å². The van der Waals surface area contributed by atoms with Gasteiger partial charge in [-0.25, -0.2) is 4.98 Å². The standard InChI is InChI=1S/C20H28N4O2/c1-3-6-19(25)22-15-9-10-17-16(13-15)23-18(24(17)2)11-12-21-20(26)14-7-4-5-8-14/h9-10,13-14H,3-8,11-12H2,1-2H3,(H,21,26)(H,22,25). The molecule has 0 bridgehead atoms. The van der Waals surface area contributed by atoms with Crippen molar-refractivity contribution in [1.82, 2.24) is 14.9 Å². The lowest BCUT2D eigenvalue weighted by Crippen LogP contribution is -2.31. The molecule has 26 heavy (non-hydrogen) atoms. The third kappa shape index (κ3) is 4.23. The number of rotatable bonds is 7. The molecule has 0 saturated heterocycles. The molecule has 6 nitrogen and oxygen atoms in total. The van der Waals surface area contributed by atoms with Gasteiger partial charge in [-0.15, -0.1) is 0 Å². The molecule has 0 radical (unpaired) electrons. The smallest absolute Gasteiger partial charge is 0.224 e. The second kappa shape index (κ2) is 8.34. The molecule has 3 rings (SSSR count). The first-order valence-corrected chi connectivity index (χ1v) is 9.61. The third-order valence-electron chi connectivity index (χ3n) is 5.11. The fraction of sp³-hybridized carbons (Fsp3) is 0.550. The van der Waals surface area contributed by atoms with Crippen LogP contribution in [0.3, 0.4) is 0 Å². The van der Waals surface area contributed by atoms with Crippen molar-refractivity contribution in [3.8, 4) is 0 Å². The maximum Gasteiger partial charge on any atom is 0.224 e. The molecule has 1 aromatic carbocycles. The van der Waals surface area contributed by atoms with Crippen LogP contribution in [0.1, 0.15) is 51.3 Å². The highest BCUT2D eigenvalue weighted by molar-refractivity contribution is 5.93. The van der Waals surface area contributed by atoms with Crippen LogP contribution in [0.15, 0.2) is 18.2 Å². The number of carbonyl (C=O) groups excluding carboxylic acids is 2. The molecule has 2 aromatic rings. The number of imidazole rings is 1. The molecule has 1 aromatic heterocycles. The van der Waals surface area contributed by atoms with Crippen molar-refractivity contribution in [2.45, 2.75) is 51.9 Å². The number of aryl methyl sites for hydroxylation is 1. The Balaban J connectivity index is 1.62. The summed E-state index contributed by atoms with van der Waals surface area (Å²) in [4.78, 5) is 28.6. The Kier molecular flexibility index (Phi) is 5.91. The maximum atomic E-state index is 12.1. The summed E-state index contributed by atoms with van der Waals surface area (Å²) in [5.41, 5.74) is 2.66. The van der Waals surface area contributed by atoms with Gasteiger partial charge in [-0.1, -0.05) is 19.8 Å². The quantitative estimate of drug-likeness (QED) is 0.800. The number of hydrogen-bond acceptors (Lipinski definition) is 3. The molecule has 1 aliphatic carbocycles. The van der Waals surface area contributed by atoms with Gasteiger partial charge in [0, 0.05) is 38.0 Å². The first-order chi connectivity index (χ1) is 12.6. The second-order valence-electron chi connectivity index (χ2n) is 7.11. The van der Waals surface area contributed by atoms with E-state index in [9.17, 15) is 9.59 Å². The summed E-state index contributed by atoms with van der Waals surface area (Å²) < 4.78 is 2.05. The van der Waals surface area contributed by atoms with Crippen LogP contribution in [0.4, 0.5) is 5.69 Å². The fourth-order valence-electron chi connectivity index (χ4n) is 3.63. The van der Waals surface area contributed by atoms with E-state index in [1.807, 2.05) is 32.2 Å². The van der Waals surface area contributed by atoms with Gasteiger partial charge in [-0.2, -0.15) is 0 Å². The number of nitrogens with one attached hydrogen (secondary N) is 2. The molecule has 0 unspecified atom stereocenters. The van der Waals surface area contributed by atoms with Crippen LogP contribution in [-0.4, -0.2) is 27.9 Å². The maximum absolute atomic E-state index is 12.1. The molecule has 1 heterocycles. The van der Waals surface area contributed by atoms with Gasteiger partial charge >= 0.3 is 0 Å². The summed E-state index contributed by atoms with van der Waals surface area (Å²) in [5, 5.41) is 5.95. The van der Waals surface area contributed by atoms with E-state index in [1.165, 1.54) is 12.8 Å². The van der Waals surface area contributed by atoms with Crippen molar-refractivity contribution in [2.75, 3.05) is 11.9 Å². The molecule has 1 aliphatic rings. The normalized spacial score (nSPS) is 14.7. The molecular formula is C20H28N4O2. The van der Waals surface area contributed by atoms with Crippen molar-refractivity contribution >= 4 is 28.5 Å². The van der Waals surface area contributed by atoms with Crippen LogP contribution >= 0.6 is 0 Å². The van der Waals surface area contributed by atoms with Gasteiger partial charge in [0.25, 0.3) is 0 Å². The zero-order valence-electron chi connectivity index (χ0n) is 15.7. The van der Waals surface area contributed by atoms with E-state index >= 15 is 0 Å². The molecule has 0 atom stereocenters. The number of benzene rings is 1. The average Bonchev–Trinajstić information content (AvgIpc) is 3.24. The van der Waals surface area contributed by atoms with E-state index < -0.39 is 0 Å². The SMILES string of the molecule is CCCC(=O)Nc1ccc2c(c1)nc(CCNC(=O)C1CCCC1)n2C. The lowest BCUT2D eigenvalue weighted by molar-refractivity contribution is -0.124. The van der Waals surface area contributed by atoms with E-state index in [0.717, 1.165) is 41.8 Å². The number of carbonyl (C=O) groups is 2. The number of fused-ring (bicyclic) bond motifs is 1. The number of hydrogen-bond donors (Lipinski definition) is 2. The Morgan fingerprint density at radius 3 is 2.77 bits per heavy atom. The Morgan fingerprint density at radius 2 is 2.04 bits per heavy atom. The van der Waals surface area contributed by atoms with Gasteiger partial charge in [0.05, 0.1) is 11.0 Å². The predicted molar refractivity (Wildman–Crippen MR) is 103 cm³/mol. The van der Waals surface area contributed by atoms with Gasteiger partial charge in [0.15, 0.2) is 0 Å². The molecule has 1 fully saturated rings. The van der Waals surface area contributed by atoms with Crippen LogP contribution in [0.5, 0.6) is 0 Å². The van der Waals surface area contributed by atoms with Crippen molar-refractivity contribution in [2.24, 2.45) is 13.0 Å². The monoisotopic (exact) mass is 356 g/mol. The fourth-order valence-corrected chi connectivity index (χ4v) is 3.63. The number of anilines is 1. The van der Waals surface area contributed by atoms with Crippen LogP contribution in [0, 0.1) is 5.92 Å². The van der Waals surface area contributed by atoms with Gasteiger partial charge in [-0.05, 0) is 37.5 Å². The molecule has 6 heteroatoms. The second-order valence-corrected chi connectivity index (χ2v) is 7.11. The van der Waals surface area contributed by atoms with E-state index in [2.05, 4.69) is 20.2 Å². The van der Waals surface area contributed by atoms with Gasteiger partial charge in [0.2, 0.25) is 11.8 Å². The molecular weight excluding hydrogens is 328 g/mol. The lowest BCUT2D eigenvalue weighted by atomic mass is 10.1. The zero-order chi connectivity index (χ0) is 18.5. The Hall–Kier alpha value is -2.37. The molecule has 2 N–H and O–H groups in total. The minimum absolute atomic E-state index is 0.0256. The topological polar surface area (TPSA) is 76.0 Å². The Labute approximate surface area is 154 Å². The number of nitrogens with zero attached hydrogens (tertiary/aromatic N) is 2. The first-order valence-electron chi connectivity index (χ1n) is 9.61. The predicted octanol–water partition coefficient (Wildman–Crippen LogP) is 3.16. The highest BCUT2D eigenvalue weighted by atomic mass is 16.2. The van der Waals surface area contributed by atoms with Crippen molar-refractivity contribution in [1.29, 1.82) is 0 Å². The van der Waals surface area contributed by atoms with Gasteiger partial charge in [0.1, 0.15) is 5.82 Å². The molecule has 1 saturated carbocycles. The lowest BCUT2D eigenvalue weighted by Gasteiger charge is -2.10. The summed E-state index contributed by atoms with van der Waals surface area (Å²) in [6, 6.07) is 5.79.